The van der Waals surface area contributed by atoms with Gasteiger partial charge in [-0.3, -0.25) is 0 Å². The molecule has 0 aliphatic carbocycles. The Morgan fingerprint density at radius 1 is 0.958 bits per heavy atom. The molecule has 8 heteroatoms. The molecule has 1 heterocycles. The van der Waals surface area contributed by atoms with Gasteiger partial charge in [-0.05, 0) is 36.1 Å². The lowest BCUT2D eigenvalue weighted by molar-refractivity contribution is 0.925. The second-order valence-corrected chi connectivity index (χ2v) is 7.99. The summed E-state index contributed by atoms with van der Waals surface area (Å²) >= 11 is 15.2. The van der Waals surface area contributed by atoms with E-state index in [0.717, 1.165) is 10.0 Å². The molecule has 0 spiro atoms. The largest absolute Gasteiger partial charge is 0.376 e. The normalized spacial score (nSPS) is 10.9. The molecule has 0 aliphatic heterocycles. The van der Waals surface area contributed by atoms with Crippen molar-refractivity contribution in [3.63, 3.8) is 0 Å². The fourth-order valence-corrected chi connectivity index (χ4v) is 4.72. The van der Waals surface area contributed by atoms with E-state index in [4.69, 9.17) is 35.9 Å². The first-order valence-electron chi connectivity index (χ1n) is 7.15. The predicted octanol–water partition coefficient (Wildman–Crippen LogP) is 3.48. The zero-order valence-corrected chi connectivity index (χ0v) is 16.6. The van der Waals surface area contributed by atoms with Crippen LogP contribution in [0.25, 0.3) is 20.2 Å². The van der Waals surface area contributed by atoms with Crippen molar-refractivity contribution < 1.29 is 0 Å². The molecule has 6 N–H and O–H groups in total. The molecule has 0 saturated carbocycles. The van der Waals surface area contributed by atoms with Gasteiger partial charge in [-0.1, -0.05) is 40.2 Å². The second kappa shape index (κ2) is 7.18. The molecule has 1 aromatic heterocycles. The number of fused-ring (bicyclic) bond motifs is 3. The number of thiophene rings is 1. The Labute approximate surface area is 162 Å². The number of hydrogen-bond acceptors (Lipinski definition) is 3. The zero-order chi connectivity index (χ0) is 17.3. The fraction of sp³-hybridized carbons (Fsp3) is 0.125. The van der Waals surface area contributed by atoms with Crippen molar-refractivity contribution in [1.82, 2.24) is 10.6 Å². The molecule has 3 rings (SSSR count). The highest BCUT2D eigenvalue weighted by Gasteiger charge is 2.14. The third-order valence-corrected chi connectivity index (χ3v) is 6.07. The molecule has 0 aliphatic rings. The van der Waals surface area contributed by atoms with Crippen molar-refractivity contribution in [2.75, 3.05) is 0 Å². The average molecular weight is 439 g/mol. The molecule has 0 fully saturated rings. The van der Waals surface area contributed by atoms with Crippen molar-refractivity contribution >= 4 is 82.1 Å². The smallest absolute Gasteiger partial charge is 0.163 e. The molecule has 0 bridgehead atoms. The van der Waals surface area contributed by atoms with Crippen LogP contribution in [0.2, 0.25) is 0 Å². The van der Waals surface area contributed by atoms with Crippen LogP contribution in [-0.4, -0.2) is 10.2 Å². The summed E-state index contributed by atoms with van der Waals surface area (Å²) in [5, 5.41) is 9.10. The highest BCUT2D eigenvalue weighted by atomic mass is 79.9. The first-order chi connectivity index (χ1) is 11.5. The maximum absolute atomic E-state index is 5.58. The predicted molar refractivity (Wildman–Crippen MR) is 114 cm³/mol. The van der Waals surface area contributed by atoms with Crippen LogP contribution >= 0.6 is 51.7 Å². The first kappa shape index (κ1) is 17.3. The van der Waals surface area contributed by atoms with E-state index in [1.54, 1.807) is 11.3 Å². The van der Waals surface area contributed by atoms with Crippen LogP contribution < -0.4 is 22.1 Å². The minimum Gasteiger partial charge on any atom is -0.376 e. The number of nitrogens with one attached hydrogen (secondary N) is 2. The van der Waals surface area contributed by atoms with Crippen molar-refractivity contribution in [3.05, 3.63) is 45.9 Å². The van der Waals surface area contributed by atoms with E-state index in [2.05, 4.69) is 56.9 Å². The summed E-state index contributed by atoms with van der Waals surface area (Å²) in [5.41, 5.74) is 13.5. The highest BCUT2D eigenvalue weighted by molar-refractivity contribution is 9.10. The lowest BCUT2D eigenvalue weighted by atomic mass is 10.1. The minimum absolute atomic E-state index is 0.293. The molecule has 4 nitrogen and oxygen atoms in total. The monoisotopic (exact) mass is 438 g/mol. The van der Waals surface area contributed by atoms with Crippen LogP contribution in [0.1, 0.15) is 11.1 Å². The maximum atomic E-state index is 5.58. The van der Waals surface area contributed by atoms with E-state index in [-0.39, 0.29) is 0 Å². The molecule has 0 radical (unpaired) electrons. The number of halogens is 1. The Kier molecular flexibility index (Phi) is 5.19. The van der Waals surface area contributed by atoms with Crippen LogP contribution in [0, 0.1) is 0 Å². The lowest BCUT2D eigenvalue weighted by Crippen LogP contribution is -2.28. The van der Waals surface area contributed by atoms with E-state index in [1.807, 2.05) is 0 Å². The molecule has 2 aromatic carbocycles. The van der Waals surface area contributed by atoms with Gasteiger partial charge in [0.2, 0.25) is 0 Å². The number of nitrogens with two attached hydrogens (primary N) is 2. The molecular weight excluding hydrogens is 424 g/mol. The Bertz CT molecular complexity index is 951. The van der Waals surface area contributed by atoms with Crippen molar-refractivity contribution in [2.45, 2.75) is 13.1 Å². The van der Waals surface area contributed by atoms with Gasteiger partial charge in [0.15, 0.2) is 10.2 Å². The van der Waals surface area contributed by atoms with Crippen molar-refractivity contribution in [2.24, 2.45) is 11.5 Å². The van der Waals surface area contributed by atoms with Gasteiger partial charge in [0.1, 0.15) is 0 Å². The van der Waals surface area contributed by atoms with E-state index < -0.39 is 0 Å². The van der Waals surface area contributed by atoms with Crippen LogP contribution in [0.4, 0.5) is 0 Å². The van der Waals surface area contributed by atoms with Gasteiger partial charge in [0.25, 0.3) is 0 Å². The summed E-state index contributed by atoms with van der Waals surface area (Å²) in [5.74, 6) is 0. The molecule has 124 valence electrons. The zero-order valence-electron chi connectivity index (χ0n) is 12.6. The maximum Gasteiger partial charge on any atom is 0.163 e. The Balaban J connectivity index is 2.15. The highest BCUT2D eigenvalue weighted by Crippen LogP contribution is 2.40. The summed E-state index contributed by atoms with van der Waals surface area (Å²) in [4.78, 5) is 0. The Hall–Kier alpha value is -1.48. The molecule has 0 amide bonds. The molecule has 0 unspecified atom stereocenters. The van der Waals surface area contributed by atoms with Gasteiger partial charge in [0.05, 0.1) is 0 Å². The number of rotatable bonds is 4. The molecule has 3 aromatic rings. The van der Waals surface area contributed by atoms with Gasteiger partial charge in [0, 0.05) is 43.3 Å². The van der Waals surface area contributed by atoms with Crippen LogP contribution in [0.5, 0.6) is 0 Å². The van der Waals surface area contributed by atoms with Gasteiger partial charge in [-0.25, -0.2) is 0 Å². The van der Waals surface area contributed by atoms with E-state index in [9.17, 15) is 0 Å². The summed E-state index contributed by atoms with van der Waals surface area (Å²) < 4.78 is 3.48. The number of thiocarbonyl (C=S) groups is 2. The third kappa shape index (κ3) is 3.46. The summed E-state index contributed by atoms with van der Waals surface area (Å²) in [6, 6.07) is 10.5. The Morgan fingerprint density at radius 2 is 1.62 bits per heavy atom. The van der Waals surface area contributed by atoms with E-state index >= 15 is 0 Å². The van der Waals surface area contributed by atoms with Gasteiger partial charge >= 0.3 is 0 Å². The summed E-state index contributed by atoms with van der Waals surface area (Å²) in [6.07, 6.45) is 0. The topological polar surface area (TPSA) is 76.1 Å². The standard InChI is InChI=1S/C16H15BrN4S3/c17-12-5-4-10-9-3-1-2-8(6-20-15(18)22)13(9)24-14(10)11(12)7-21-16(19)23/h1-5H,6-7H2,(H3,18,20,22)(H3,19,21,23). The van der Waals surface area contributed by atoms with Gasteiger partial charge in [-0.2, -0.15) is 0 Å². The first-order valence-corrected chi connectivity index (χ1v) is 9.58. The molecule has 0 saturated heterocycles. The SMILES string of the molecule is NC(=S)NCc1cccc2c1sc1c(CNC(N)=S)c(Br)ccc12. The average Bonchev–Trinajstić information content (AvgIpc) is 2.90. The van der Waals surface area contributed by atoms with Crippen molar-refractivity contribution in [1.29, 1.82) is 0 Å². The van der Waals surface area contributed by atoms with Gasteiger partial charge in [-0.15, -0.1) is 11.3 Å². The van der Waals surface area contributed by atoms with Gasteiger partial charge < -0.3 is 22.1 Å². The molecule has 0 atom stereocenters. The van der Waals surface area contributed by atoms with E-state index in [1.165, 1.54) is 25.7 Å². The molecular formula is C16H15BrN4S3. The van der Waals surface area contributed by atoms with Crippen LogP contribution in [0.3, 0.4) is 0 Å². The Morgan fingerprint density at radius 3 is 2.33 bits per heavy atom. The second-order valence-electron chi connectivity index (χ2n) is 5.23. The summed E-state index contributed by atoms with van der Waals surface area (Å²) in [6.45, 7) is 1.20. The van der Waals surface area contributed by atoms with Crippen LogP contribution in [-0.2, 0) is 13.1 Å². The third-order valence-electron chi connectivity index (χ3n) is 3.69. The number of benzene rings is 2. The minimum atomic E-state index is 0.293. The lowest BCUT2D eigenvalue weighted by Gasteiger charge is -2.07. The quantitative estimate of drug-likeness (QED) is 0.467. The fourth-order valence-electron chi connectivity index (χ4n) is 2.61. The summed E-state index contributed by atoms with van der Waals surface area (Å²) in [7, 11) is 0. The van der Waals surface area contributed by atoms with E-state index in [0.29, 0.717) is 23.3 Å². The van der Waals surface area contributed by atoms with Crippen molar-refractivity contribution in [3.8, 4) is 0 Å². The molecule has 24 heavy (non-hydrogen) atoms. The number of hydrogen-bond donors (Lipinski definition) is 4. The van der Waals surface area contributed by atoms with Crippen LogP contribution in [0.15, 0.2) is 34.8 Å².